The van der Waals surface area contributed by atoms with Crippen LogP contribution in [0.4, 0.5) is 0 Å². The molecule has 5 nitrogen and oxygen atoms in total. The molecule has 26 heavy (non-hydrogen) atoms. The minimum absolute atomic E-state index is 0.186. The van der Waals surface area contributed by atoms with Gasteiger partial charge in [-0.15, -0.1) is 0 Å². The molecule has 0 bridgehead atoms. The summed E-state index contributed by atoms with van der Waals surface area (Å²) >= 11 is 0. The highest BCUT2D eigenvalue weighted by atomic mass is 16.5. The zero-order valence-electron chi connectivity index (χ0n) is 15.5. The first-order valence-electron chi connectivity index (χ1n) is 8.93. The summed E-state index contributed by atoms with van der Waals surface area (Å²) in [5, 5.41) is 0. The van der Waals surface area contributed by atoms with Crippen LogP contribution in [0.1, 0.15) is 41.4 Å². The third-order valence-corrected chi connectivity index (χ3v) is 4.70. The lowest BCUT2D eigenvalue weighted by Gasteiger charge is -2.27. The molecule has 1 aliphatic heterocycles. The number of esters is 1. The van der Waals surface area contributed by atoms with Gasteiger partial charge in [-0.25, -0.2) is 4.79 Å². The van der Waals surface area contributed by atoms with Crippen LogP contribution in [0.25, 0.3) is 0 Å². The lowest BCUT2D eigenvalue weighted by molar-refractivity contribution is 0.0526. The van der Waals surface area contributed by atoms with Gasteiger partial charge in [-0.3, -0.25) is 4.90 Å². The molecule has 0 radical (unpaired) electrons. The topological polar surface area (TPSA) is 48.0 Å². The number of nitrogens with zero attached hydrogens (tertiary/aromatic N) is 1. The summed E-state index contributed by atoms with van der Waals surface area (Å²) in [6, 6.07) is 13.9. The Kier molecular flexibility index (Phi) is 5.78. The molecule has 138 valence electrons. The van der Waals surface area contributed by atoms with Crippen LogP contribution in [0, 0.1) is 0 Å². The number of hydrogen-bond donors (Lipinski definition) is 0. The van der Waals surface area contributed by atoms with Crippen molar-refractivity contribution in [3.63, 3.8) is 0 Å². The molecular formula is C21H25NO4. The second-order valence-corrected chi connectivity index (χ2v) is 6.32. The number of carbonyl (C=O) groups is 1. The molecule has 2 aromatic rings. The van der Waals surface area contributed by atoms with Gasteiger partial charge in [0.2, 0.25) is 0 Å². The molecule has 0 aromatic heterocycles. The van der Waals surface area contributed by atoms with Gasteiger partial charge in [0, 0.05) is 24.7 Å². The van der Waals surface area contributed by atoms with Crippen LogP contribution in [0.2, 0.25) is 0 Å². The van der Waals surface area contributed by atoms with Crippen molar-refractivity contribution >= 4 is 5.97 Å². The Hall–Kier alpha value is -2.53. The number of ether oxygens (including phenoxy) is 3. The molecule has 0 amide bonds. The predicted octanol–water partition coefficient (Wildman–Crippen LogP) is 3.83. The maximum Gasteiger partial charge on any atom is 0.338 e. The molecule has 0 unspecified atom stereocenters. The van der Waals surface area contributed by atoms with Crippen LogP contribution in [-0.2, 0) is 11.3 Å². The van der Waals surface area contributed by atoms with Gasteiger partial charge in [-0.2, -0.15) is 0 Å². The number of benzene rings is 2. The van der Waals surface area contributed by atoms with Crippen molar-refractivity contribution in [3.05, 3.63) is 59.2 Å². The quantitative estimate of drug-likeness (QED) is 0.763. The van der Waals surface area contributed by atoms with E-state index in [-0.39, 0.29) is 12.0 Å². The van der Waals surface area contributed by atoms with E-state index in [1.54, 1.807) is 20.1 Å². The number of methoxy groups -OCH3 is 1. The summed E-state index contributed by atoms with van der Waals surface area (Å²) in [6.45, 7) is 6.56. The third kappa shape index (κ3) is 3.99. The molecule has 0 saturated heterocycles. The normalized spacial score (nSPS) is 17.0. The van der Waals surface area contributed by atoms with Crippen LogP contribution in [0.5, 0.6) is 11.5 Å². The molecule has 1 atom stereocenters. The number of carbonyl (C=O) groups excluding carboxylic acids is 1. The minimum Gasteiger partial charge on any atom is -0.497 e. The molecule has 0 spiro atoms. The first-order chi connectivity index (χ1) is 12.6. The molecule has 0 aliphatic carbocycles. The van der Waals surface area contributed by atoms with E-state index >= 15 is 0 Å². The summed E-state index contributed by atoms with van der Waals surface area (Å²) in [7, 11) is 1.67. The van der Waals surface area contributed by atoms with Crippen molar-refractivity contribution in [2.24, 2.45) is 0 Å². The van der Waals surface area contributed by atoms with E-state index in [4.69, 9.17) is 14.2 Å². The highest BCUT2D eigenvalue weighted by Crippen LogP contribution is 2.33. The highest BCUT2D eigenvalue weighted by molar-refractivity contribution is 5.90. The molecule has 5 heteroatoms. The molecular weight excluding hydrogens is 330 g/mol. The van der Waals surface area contributed by atoms with Crippen molar-refractivity contribution in [1.82, 2.24) is 4.90 Å². The second kappa shape index (κ2) is 8.23. The maximum atomic E-state index is 12.0. The summed E-state index contributed by atoms with van der Waals surface area (Å²) in [5.41, 5.74) is 2.84. The number of hydrogen-bond acceptors (Lipinski definition) is 5. The van der Waals surface area contributed by atoms with E-state index in [9.17, 15) is 4.79 Å². The van der Waals surface area contributed by atoms with Crippen molar-refractivity contribution < 1.29 is 19.0 Å². The summed E-state index contributed by atoms with van der Waals surface area (Å²) in [4.78, 5) is 14.3. The van der Waals surface area contributed by atoms with E-state index in [2.05, 4.69) is 24.0 Å². The van der Waals surface area contributed by atoms with Gasteiger partial charge in [-0.05, 0) is 43.7 Å². The van der Waals surface area contributed by atoms with Crippen molar-refractivity contribution in [2.45, 2.75) is 26.4 Å². The van der Waals surface area contributed by atoms with Crippen LogP contribution in [-0.4, -0.2) is 37.7 Å². The van der Waals surface area contributed by atoms with Crippen LogP contribution in [0.3, 0.4) is 0 Å². The van der Waals surface area contributed by atoms with Gasteiger partial charge in [0.25, 0.3) is 0 Å². The average Bonchev–Trinajstić information content (AvgIpc) is 2.81. The van der Waals surface area contributed by atoms with Gasteiger partial charge in [-0.1, -0.05) is 18.2 Å². The van der Waals surface area contributed by atoms with Crippen molar-refractivity contribution in [1.29, 1.82) is 0 Å². The first kappa shape index (κ1) is 18.3. The zero-order chi connectivity index (χ0) is 18.5. The van der Waals surface area contributed by atoms with Gasteiger partial charge in [0.1, 0.15) is 18.1 Å². The van der Waals surface area contributed by atoms with E-state index in [1.807, 2.05) is 24.3 Å². The molecule has 2 aromatic carbocycles. The van der Waals surface area contributed by atoms with Gasteiger partial charge < -0.3 is 14.2 Å². The highest BCUT2D eigenvalue weighted by Gasteiger charge is 2.24. The average molecular weight is 355 g/mol. The zero-order valence-corrected chi connectivity index (χ0v) is 15.5. The summed E-state index contributed by atoms with van der Waals surface area (Å²) < 4.78 is 16.2. The minimum atomic E-state index is -0.314. The largest absolute Gasteiger partial charge is 0.497 e. The Balaban J connectivity index is 1.78. The van der Waals surface area contributed by atoms with E-state index in [0.717, 1.165) is 30.2 Å². The second-order valence-electron chi connectivity index (χ2n) is 6.32. The molecule has 0 saturated carbocycles. The standard InChI is InChI=1S/C21H25NO4/c1-4-25-21(23)17-7-10-19-15(2)22(11-12-26-20(19)13-17)14-16-5-8-18(24-3)9-6-16/h5-10,13,15H,4,11-12,14H2,1-3H3/t15-/m1/s1. The first-order valence-corrected chi connectivity index (χ1v) is 8.93. The fourth-order valence-corrected chi connectivity index (χ4v) is 3.19. The lowest BCUT2D eigenvalue weighted by atomic mass is 10.0. The molecule has 1 aliphatic rings. The Labute approximate surface area is 154 Å². The monoisotopic (exact) mass is 355 g/mol. The molecule has 0 N–H and O–H groups in total. The smallest absolute Gasteiger partial charge is 0.338 e. The van der Waals surface area contributed by atoms with Crippen LogP contribution < -0.4 is 9.47 Å². The number of fused-ring (bicyclic) bond motifs is 1. The maximum absolute atomic E-state index is 12.0. The van der Waals surface area contributed by atoms with Gasteiger partial charge in [0.15, 0.2) is 0 Å². The summed E-state index contributed by atoms with van der Waals surface area (Å²) in [6.07, 6.45) is 0. The Morgan fingerprint density at radius 1 is 1.23 bits per heavy atom. The lowest BCUT2D eigenvalue weighted by Crippen LogP contribution is -2.28. The Morgan fingerprint density at radius 3 is 2.69 bits per heavy atom. The van der Waals surface area contributed by atoms with Crippen molar-refractivity contribution in [2.75, 3.05) is 26.9 Å². The molecule has 0 fully saturated rings. The van der Waals surface area contributed by atoms with Gasteiger partial charge >= 0.3 is 5.97 Å². The fourth-order valence-electron chi connectivity index (χ4n) is 3.19. The predicted molar refractivity (Wildman–Crippen MR) is 99.7 cm³/mol. The fraction of sp³-hybridized carbons (Fsp3) is 0.381. The van der Waals surface area contributed by atoms with E-state index in [1.165, 1.54) is 5.56 Å². The Bertz CT molecular complexity index is 757. The SMILES string of the molecule is CCOC(=O)c1ccc2c(c1)OCCN(Cc1ccc(OC)cc1)[C@@H]2C. The van der Waals surface area contributed by atoms with Crippen molar-refractivity contribution in [3.8, 4) is 11.5 Å². The van der Waals surface area contributed by atoms with Crippen LogP contribution in [0.15, 0.2) is 42.5 Å². The molecule has 3 rings (SSSR count). The van der Waals surface area contributed by atoms with E-state index < -0.39 is 0 Å². The Morgan fingerprint density at radius 2 is 2.00 bits per heavy atom. The number of rotatable bonds is 5. The van der Waals surface area contributed by atoms with Crippen LogP contribution >= 0.6 is 0 Å². The molecule has 1 heterocycles. The third-order valence-electron chi connectivity index (χ3n) is 4.70. The van der Waals surface area contributed by atoms with E-state index in [0.29, 0.717) is 18.8 Å². The van der Waals surface area contributed by atoms with Gasteiger partial charge in [0.05, 0.1) is 19.3 Å². The summed E-state index contributed by atoms with van der Waals surface area (Å²) in [5.74, 6) is 1.31.